The van der Waals surface area contributed by atoms with Crippen LogP contribution in [0.5, 0.6) is 5.75 Å². The van der Waals surface area contributed by atoms with Crippen LogP contribution >= 0.6 is 0 Å². The summed E-state index contributed by atoms with van der Waals surface area (Å²) in [5.74, 6) is -2.97. The summed E-state index contributed by atoms with van der Waals surface area (Å²) in [5.41, 5.74) is -0.892. The van der Waals surface area contributed by atoms with E-state index in [2.05, 4.69) is 5.32 Å². The third kappa shape index (κ3) is 3.78. The summed E-state index contributed by atoms with van der Waals surface area (Å²) in [6.07, 6.45) is 0.773. The monoisotopic (exact) mass is 435 g/mol. The molecule has 2 aliphatic heterocycles. The van der Waals surface area contributed by atoms with E-state index in [1.54, 1.807) is 4.90 Å². The van der Waals surface area contributed by atoms with Crippen LogP contribution in [0.25, 0.3) is 0 Å². The molecule has 0 radical (unpaired) electrons. The predicted octanol–water partition coefficient (Wildman–Crippen LogP) is 1.90. The molecular weight excluding hydrogens is 412 g/mol. The number of nitrogens with one attached hydrogen (secondary N) is 1. The Bertz CT molecular complexity index is 1100. The molecule has 3 heterocycles. The van der Waals surface area contributed by atoms with Gasteiger partial charge in [-0.15, -0.1) is 0 Å². The quantitative estimate of drug-likeness (QED) is 0.793. The number of hydrogen-bond donors (Lipinski definition) is 1. The molecule has 2 amide bonds. The molecular formula is C21H23F2N3O5. The summed E-state index contributed by atoms with van der Waals surface area (Å²) < 4.78 is 39.1. The Labute approximate surface area is 177 Å². The molecule has 4 rings (SSSR count). The van der Waals surface area contributed by atoms with E-state index < -0.39 is 35.1 Å². The molecule has 0 saturated carbocycles. The Morgan fingerprint density at radius 3 is 2.74 bits per heavy atom. The highest BCUT2D eigenvalue weighted by Crippen LogP contribution is 2.29. The van der Waals surface area contributed by atoms with Crippen LogP contribution in [0.3, 0.4) is 0 Å². The van der Waals surface area contributed by atoms with Crippen LogP contribution in [0.1, 0.15) is 40.8 Å². The highest BCUT2D eigenvalue weighted by atomic mass is 19.1. The van der Waals surface area contributed by atoms with Gasteiger partial charge in [-0.25, -0.2) is 8.78 Å². The zero-order valence-electron chi connectivity index (χ0n) is 16.3. The minimum absolute atomic E-state index is 0. The van der Waals surface area contributed by atoms with Crippen LogP contribution in [0.15, 0.2) is 29.2 Å². The number of rotatable bonds is 4. The summed E-state index contributed by atoms with van der Waals surface area (Å²) in [6.45, 7) is 2.20. The van der Waals surface area contributed by atoms with Crippen molar-refractivity contribution in [2.24, 2.45) is 0 Å². The molecule has 2 aromatic rings. The number of halogens is 2. The normalized spacial score (nSPS) is 19.4. The lowest BCUT2D eigenvalue weighted by atomic mass is 10.1. The number of hydrogen-bond acceptors (Lipinski definition) is 5. The van der Waals surface area contributed by atoms with Gasteiger partial charge in [0.2, 0.25) is 5.43 Å². The van der Waals surface area contributed by atoms with Gasteiger partial charge in [0.1, 0.15) is 17.2 Å². The van der Waals surface area contributed by atoms with Gasteiger partial charge in [-0.3, -0.25) is 14.4 Å². The number of carbonyl (C=O) groups excluding carboxylic acids is 2. The van der Waals surface area contributed by atoms with Gasteiger partial charge in [-0.1, -0.05) is 13.5 Å². The van der Waals surface area contributed by atoms with Crippen LogP contribution in [0.2, 0.25) is 0 Å². The van der Waals surface area contributed by atoms with Crippen LogP contribution in [-0.2, 0) is 17.8 Å². The number of pyridine rings is 1. The molecule has 1 N–H and O–H groups in total. The maximum atomic E-state index is 13.8. The maximum Gasteiger partial charge on any atom is 0.276 e. The average Bonchev–Trinajstić information content (AvgIpc) is 3.08. The molecule has 166 valence electrons. The molecule has 2 atom stereocenters. The van der Waals surface area contributed by atoms with E-state index in [9.17, 15) is 23.2 Å². The highest BCUT2D eigenvalue weighted by molar-refractivity contribution is 5.99. The number of methoxy groups -OCH3 is 1. The first-order valence-electron chi connectivity index (χ1n) is 9.29. The molecule has 0 unspecified atom stereocenters. The summed E-state index contributed by atoms with van der Waals surface area (Å²) in [4.78, 5) is 39.9. The Balaban J connectivity index is 0.00000272. The zero-order chi connectivity index (χ0) is 21.6. The molecule has 1 saturated heterocycles. The first-order chi connectivity index (χ1) is 14.3. The van der Waals surface area contributed by atoms with Crippen molar-refractivity contribution < 1.29 is 27.8 Å². The second-order valence-corrected chi connectivity index (χ2v) is 7.17. The Morgan fingerprint density at radius 2 is 2.06 bits per heavy atom. The van der Waals surface area contributed by atoms with Crippen molar-refractivity contribution in [3.63, 3.8) is 0 Å². The number of fused-ring (bicyclic) bond motifs is 2. The first-order valence-corrected chi connectivity index (χ1v) is 9.29. The summed E-state index contributed by atoms with van der Waals surface area (Å²) in [6, 6.07) is 2.83. The van der Waals surface area contributed by atoms with E-state index in [1.165, 1.54) is 23.9 Å². The molecule has 0 bridgehead atoms. The van der Waals surface area contributed by atoms with Gasteiger partial charge in [-0.2, -0.15) is 0 Å². The number of aromatic nitrogens is 1. The zero-order valence-corrected chi connectivity index (χ0v) is 16.3. The van der Waals surface area contributed by atoms with Crippen LogP contribution < -0.4 is 15.5 Å². The van der Waals surface area contributed by atoms with Gasteiger partial charge in [0.25, 0.3) is 11.8 Å². The summed E-state index contributed by atoms with van der Waals surface area (Å²) >= 11 is 0. The largest absolute Gasteiger partial charge is 0.491 e. The SMILES string of the molecule is C.COc1c2n(cc(C(=O)NCc3ccc(F)cc3F)c1=O)C[C@H]1OC[C@H](C)N1C2=O. The van der Waals surface area contributed by atoms with E-state index in [-0.39, 0.29) is 49.1 Å². The number of amides is 2. The van der Waals surface area contributed by atoms with Gasteiger partial charge in [0.15, 0.2) is 17.7 Å². The van der Waals surface area contributed by atoms with E-state index >= 15 is 0 Å². The highest BCUT2D eigenvalue weighted by Gasteiger charge is 2.43. The Hall–Kier alpha value is -3.27. The molecule has 1 aromatic heterocycles. The average molecular weight is 435 g/mol. The third-order valence-electron chi connectivity index (χ3n) is 5.25. The fourth-order valence-electron chi connectivity index (χ4n) is 3.75. The second kappa shape index (κ2) is 8.46. The molecule has 0 spiro atoms. The van der Waals surface area contributed by atoms with Gasteiger partial charge in [-0.05, 0) is 13.0 Å². The molecule has 1 fully saturated rings. The van der Waals surface area contributed by atoms with Crippen LogP contribution in [0.4, 0.5) is 8.78 Å². The standard InChI is InChI=1S/C20H19F2N3O5.CH4/c1-10-9-30-15-8-24-7-13(17(26)18(29-2)16(24)20(28)25(10)15)19(27)23-6-11-3-4-12(21)5-14(11)22;/h3-5,7,10,15H,6,8-9H2,1-2H3,(H,23,27);1H4/t10-,15+;/m0./s1. The van der Waals surface area contributed by atoms with Crippen molar-refractivity contribution in [2.75, 3.05) is 13.7 Å². The topological polar surface area (TPSA) is 89.9 Å². The maximum absolute atomic E-state index is 13.8. The number of carbonyl (C=O) groups is 2. The predicted molar refractivity (Wildman–Crippen MR) is 107 cm³/mol. The summed E-state index contributed by atoms with van der Waals surface area (Å²) in [7, 11) is 1.25. The lowest BCUT2D eigenvalue weighted by Gasteiger charge is -2.34. The molecule has 1 aromatic carbocycles. The number of nitrogens with zero attached hydrogens (tertiary/aromatic N) is 2. The first kappa shape index (κ1) is 22.4. The van der Waals surface area contributed by atoms with Gasteiger partial charge < -0.3 is 24.3 Å². The van der Waals surface area contributed by atoms with E-state index in [1.807, 2.05) is 6.92 Å². The van der Waals surface area contributed by atoms with Crippen molar-refractivity contribution in [3.8, 4) is 5.75 Å². The molecule has 2 aliphatic rings. The third-order valence-corrected chi connectivity index (χ3v) is 5.25. The fourth-order valence-corrected chi connectivity index (χ4v) is 3.75. The lowest BCUT2D eigenvalue weighted by molar-refractivity contribution is 0.00621. The van der Waals surface area contributed by atoms with Crippen molar-refractivity contribution in [2.45, 2.75) is 39.7 Å². The van der Waals surface area contributed by atoms with Crippen LogP contribution in [-0.4, -0.2) is 47.3 Å². The van der Waals surface area contributed by atoms with Crippen molar-refractivity contribution in [1.82, 2.24) is 14.8 Å². The Morgan fingerprint density at radius 1 is 1.32 bits per heavy atom. The van der Waals surface area contributed by atoms with E-state index in [4.69, 9.17) is 9.47 Å². The van der Waals surface area contributed by atoms with Crippen molar-refractivity contribution in [3.05, 3.63) is 63.1 Å². The lowest BCUT2D eigenvalue weighted by Crippen LogP contribution is -2.49. The molecule has 8 nitrogen and oxygen atoms in total. The molecule has 31 heavy (non-hydrogen) atoms. The molecule has 10 heteroatoms. The van der Waals surface area contributed by atoms with Crippen molar-refractivity contribution in [1.29, 1.82) is 0 Å². The van der Waals surface area contributed by atoms with E-state index in [0.29, 0.717) is 12.7 Å². The second-order valence-electron chi connectivity index (χ2n) is 7.17. The van der Waals surface area contributed by atoms with Gasteiger partial charge in [0.05, 0.1) is 26.3 Å². The van der Waals surface area contributed by atoms with Crippen LogP contribution in [0, 0.1) is 11.6 Å². The number of ether oxygens (including phenoxy) is 2. The van der Waals surface area contributed by atoms with Gasteiger partial charge >= 0.3 is 0 Å². The minimum atomic E-state index is -0.812. The van der Waals surface area contributed by atoms with E-state index in [0.717, 1.165) is 6.07 Å². The Kier molecular flexibility index (Phi) is 6.12. The minimum Gasteiger partial charge on any atom is -0.491 e. The number of benzene rings is 1. The van der Waals surface area contributed by atoms with Crippen molar-refractivity contribution >= 4 is 11.8 Å². The molecule has 0 aliphatic carbocycles. The smallest absolute Gasteiger partial charge is 0.276 e. The summed E-state index contributed by atoms with van der Waals surface area (Å²) in [5, 5.41) is 2.44. The van der Waals surface area contributed by atoms with Gasteiger partial charge in [0, 0.05) is 24.4 Å². The fraction of sp³-hybridized carbons (Fsp3) is 0.381.